The van der Waals surface area contributed by atoms with Crippen molar-refractivity contribution in [1.82, 2.24) is 14.8 Å². The quantitative estimate of drug-likeness (QED) is 0.777. The lowest BCUT2D eigenvalue weighted by Crippen LogP contribution is -1.92. The second kappa shape index (κ2) is 3.49. The van der Waals surface area contributed by atoms with E-state index >= 15 is 0 Å². The van der Waals surface area contributed by atoms with Crippen molar-refractivity contribution in [3.05, 3.63) is 30.6 Å². The van der Waals surface area contributed by atoms with Crippen LogP contribution in [0.5, 0.6) is 0 Å². The molecule has 2 rings (SSSR count). The summed E-state index contributed by atoms with van der Waals surface area (Å²) < 4.78 is 1.90. The van der Waals surface area contributed by atoms with E-state index in [1.807, 2.05) is 42.9 Å². The maximum Gasteiger partial charge on any atom is 0.163 e. The van der Waals surface area contributed by atoms with Gasteiger partial charge in [0.15, 0.2) is 5.82 Å². The van der Waals surface area contributed by atoms with Gasteiger partial charge < -0.3 is 9.88 Å². The molecule has 1 N–H and O–H groups in total. The predicted octanol–water partition coefficient (Wildman–Crippen LogP) is 1.52. The van der Waals surface area contributed by atoms with Gasteiger partial charge in [0.1, 0.15) is 6.33 Å². The maximum absolute atomic E-state index is 4.03. The number of anilines is 1. The molecule has 2 aromatic rings. The van der Waals surface area contributed by atoms with Gasteiger partial charge in [-0.1, -0.05) is 0 Å². The van der Waals surface area contributed by atoms with E-state index in [1.54, 1.807) is 6.33 Å². The summed E-state index contributed by atoms with van der Waals surface area (Å²) in [5.74, 6) is 0.882. The lowest BCUT2D eigenvalue weighted by atomic mass is 10.2. The molecule has 0 saturated heterocycles. The molecule has 0 bridgehead atoms. The molecule has 4 heteroatoms. The van der Waals surface area contributed by atoms with Gasteiger partial charge in [-0.15, -0.1) is 10.2 Å². The molecule has 0 amide bonds. The predicted molar refractivity (Wildman–Crippen MR) is 56.0 cm³/mol. The van der Waals surface area contributed by atoms with E-state index in [9.17, 15) is 0 Å². The Hall–Kier alpha value is -1.84. The van der Waals surface area contributed by atoms with Crippen molar-refractivity contribution < 1.29 is 0 Å². The van der Waals surface area contributed by atoms with Crippen LogP contribution in [0.25, 0.3) is 11.4 Å². The van der Waals surface area contributed by atoms with Crippen molar-refractivity contribution in [2.45, 2.75) is 0 Å². The van der Waals surface area contributed by atoms with Crippen LogP contribution in [0.2, 0.25) is 0 Å². The highest BCUT2D eigenvalue weighted by atomic mass is 15.2. The maximum atomic E-state index is 4.03. The number of hydrogen-bond acceptors (Lipinski definition) is 3. The van der Waals surface area contributed by atoms with E-state index in [0.29, 0.717) is 0 Å². The van der Waals surface area contributed by atoms with E-state index in [-0.39, 0.29) is 0 Å². The van der Waals surface area contributed by atoms with Crippen molar-refractivity contribution >= 4 is 5.69 Å². The van der Waals surface area contributed by atoms with E-state index in [2.05, 4.69) is 15.5 Å². The molecule has 0 radical (unpaired) electrons. The molecule has 1 heterocycles. The molecule has 0 saturated carbocycles. The highest BCUT2D eigenvalue weighted by molar-refractivity contribution is 5.59. The summed E-state index contributed by atoms with van der Waals surface area (Å²) >= 11 is 0. The lowest BCUT2D eigenvalue weighted by Gasteiger charge is -2.02. The van der Waals surface area contributed by atoms with Crippen LogP contribution in [0.15, 0.2) is 30.6 Å². The van der Waals surface area contributed by atoms with Crippen molar-refractivity contribution in [2.75, 3.05) is 12.4 Å². The minimum absolute atomic E-state index is 0.882. The van der Waals surface area contributed by atoms with E-state index in [4.69, 9.17) is 0 Å². The van der Waals surface area contributed by atoms with E-state index < -0.39 is 0 Å². The fraction of sp³-hybridized carbons (Fsp3) is 0.200. The van der Waals surface area contributed by atoms with Crippen molar-refractivity contribution in [3.63, 3.8) is 0 Å². The number of nitrogens with zero attached hydrogens (tertiary/aromatic N) is 3. The Morgan fingerprint density at radius 2 is 1.93 bits per heavy atom. The summed E-state index contributed by atoms with van der Waals surface area (Å²) in [5, 5.41) is 10.9. The summed E-state index contributed by atoms with van der Waals surface area (Å²) in [6.45, 7) is 0. The molecule has 4 nitrogen and oxygen atoms in total. The Labute approximate surface area is 82.6 Å². The number of hydrogen-bond donors (Lipinski definition) is 1. The zero-order valence-electron chi connectivity index (χ0n) is 8.23. The average molecular weight is 188 g/mol. The fourth-order valence-electron chi connectivity index (χ4n) is 1.33. The van der Waals surface area contributed by atoms with Gasteiger partial charge in [-0.3, -0.25) is 0 Å². The Morgan fingerprint density at radius 3 is 2.43 bits per heavy atom. The molecule has 0 spiro atoms. The van der Waals surface area contributed by atoms with Gasteiger partial charge in [-0.05, 0) is 24.3 Å². The number of aryl methyl sites for hydroxylation is 1. The molecular formula is C10H12N4. The standard InChI is InChI=1S/C10H12N4/c1-11-9-5-3-8(4-6-9)10-13-12-7-14(10)2/h3-7,11H,1-2H3. The van der Waals surface area contributed by atoms with Gasteiger partial charge in [0.25, 0.3) is 0 Å². The third-order valence-corrected chi connectivity index (χ3v) is 2.14. The normalized spacial score (nSPS) is 10.1. The molecule has 0 aliphatic rings. The van der Waals surface area contributed by atoms with Crippen LogP contribution in [0.3, 0.4) is 0 Å². The van der Waals surface area contributed by atoms with Gasteiger partial charge in [-0.25, -0.2) is 0 Å². The smallest absolute Gasteiger partial charge is 0.163 e. The molecule has 14 heavy (non-hydrogen) atoms. The molecule has 1 aromatic heterocycles. The molecule has 72 valence electrons. The first kappa shape index (κ1) is 8.74. The summed E-state index contributed by atoms with van der Waals surface area (Å²) in [4.78, 5) is 0. The number of nitrogens with one attached hydrogen (secondary N) is 1. The molecule has 0 aliphatic carbocycles. The highest BCUT2D eigenvalue weighted by Crippen LogP contribution is 2.17. The largest absolute Gasteiger partial charge is 0.388 e. The number of rotatable bonds is 2. The summed E-state index contributed by atoms with van der Waals surface area (Å²) in [6, 6.07) is 8.08. The summed E-state index contributed by atoms with van der Waals surface area (Å²) in [5.41, 5.74) is 2.17. The summed E-state index contributed by atoms with van der Waals surface area (Å²) in [6.07, 6.45) is 1.70. The van der Waals surface area contributed by atoms with Crippen LogP contribution in [0.1, 0.15) is 0 Å². The van der Waals surface area contributed by atoms with Crippen molar-refractivity contribution in [3.8, 4) is 11.4 Å². The Kier molecular flexibility index (Phi) is 2.18. The first-order valence-electron chi connectivity index (χ1n) is 4.43. The minimum atomic E-state index is 0.882. The molecule has 1 aromatic carbocycles. The van der Waals surface area contributed by atoms with E-state index in [0.717, 1.165) is 17.1 Å². The minimum Gasteiger partial charge on any atom is -0.388 e. The SMILES string of the molecule is CNc1ccc(-c2nncn2C)cc1. The summed E-state index contributed by atoms with van der Waals surface area (Å²) in [7, 11) is 3.83. The van der Waals surface area contributed by atoms with Crippen LogP contribution in [0, 0.1) is 0 Å². The van der Waals surface area contributed by atoms with Gasteiger partial charge in [-0.2, -0.15) is 0 Å². The first-order chi connectivity index (χ1) is 6.81. The van der Waals surface area contributed by atoms with Crippen LogP contribution in [-0.4, -0.2) is 21.8 Å². The Morgan fingerprint density at radius 1 is 1.21 bits per heavy atom. The Bertz CT molecular complexity index is 416. The molecule has 0 unspecified atom stereocenters. The molecular weight excluding hydrogens is 176 g/mol. The first-order valence-corrected chi connectivity index (χ1v) is 4.43. The molecule has 0 atom stereocenters. The second-order valence-electron chi connectivity index (χ2n) is 3.09. The monoisotopic (exact) mass is 188 g/mol. The van der Waals surface area contributed by atoms with Gasteiger partial charge in [0, 0.05) is 25.3 Å². The van der Waals surface area contributed by atoms with Crippen LogP contribution in [0.4, 0.5) is 5.69 Å². The van der Waals surface area contributed by atoms with Gasteiger partial charge in [0.2, 0.25) is 0 Å². The number of aromatic nitrogens is 3. The van der Waals surface area contributed by atoms with Crippen molar-refractivity contribution in [2.24, 2.45) is 7.05 Å². The molecule has 0 aliphatic heterocycles. The van der Waals surface area contributed by atoms with Gasteiger partial charge >= 0.3 is 0 Å². The fourth-order valence-corrected chi connectivity index (χ4v) is 1.33. The second-order valence-corrected chi connectivity index (χ2v) is 3.09. The van der Waals surface area contributed by atoms with Crippen LogP contribution in [-0.2, 0) is 7.05 Å². The van der Waals surface area contributed by atoms with Gasteiger partial charge in [0.05, 0.1) is 0 Å². The number of benzene rings is 1. The lowest BCUT2D eigenvalue weighted by molar-refractivity contribution is 0.920. The van der Waals surface area contributed by atoms with E-state index in [1.165, 1.54) is 0 Å². The third kappa shape index (κ3) is 1.46. The molecule has 0 fully saturated rings. The van der Waals surface area contributed by atoms with Crippen molar-refractivity contribution in [1.29, 1.82) is 0 Å². The third-order valence-electron chi connectivity index (χ3n) is 2.14. The topological polar surface area (TPSA) is 42.7 Å². The zero-order valence-corrected chi connectivity index (χ0v) is 8.23. The Balaban J connectivity index is 2.39. The highest BCUT2D eigenvalue weighted by Gasteiger charge is 2.02. The average Bonchev–Trinajstić information content (AvgIpc) is 2.65. The van der Waals surface area contributed by atoms with Crippen LogP contribution < -0.4 is 5.32 Å². The van der Waals surface area contributed by atoms with Crippen LogP contribution >= 0.6 is 0 Å². The zero-order chi connectivity index (χ0) is 9.97.